The molecular formula is C18H16O6. The summed E-state index contributed by atoms with van der Waals surface area (Å²) in [7, 11) is 0. The molecule has 24 heavy (non-hydrogen) atoms. The van der Waals surface area contributed by atoms with Gasteiger partial charge < -0.3 is 14.6 Å². The summed E-state index contributed by atoms with van der Waals surface area (Å²) >= 11 is 0. The molecule has 2 aromatic carbocycles. The highest BCUT2D eigenvalue weighted by molar-refractivity contribution is 6.01. The molecule has 0 saturated carbocycles. The lowest BCUT2D eigenvalue weighted by molar-refractivity contribution is -0.139. The monoisotopic (exact) mass is 328 g/mol. The molecule has 0 spiro atoms. The molecule has 6 nitrogen and oxygen atoms in total. The van der Waals surface area contributed by atoms with Crippen molar-refractivity contribution in [1.82, 2.24) is 0 Å². The molecular weight excluding hydrogens is 312 g/mol. The Hall–Kier alpha value is -3.15. The van der Waals surface area contributed by atoms with Crippen LogP contribution in [-0.4, -0.2) is 29.4 Å². The topological polar surface area (TPSA) is 89.9 Å². The van der Waals surface area contributed by atoms with Crippen LogP contribution in [0.3, 0.4) is 0 Å². The van der Waals surface area contributed by atoms with Crippen LogP contribution in [0, 0.1) is 0 Å². The lowest BCUT2D eigenvalue weighted by Crippen LogP contribution is -2.13. The Labute approximate surface area is 138 Å². The van der Waals surface area contributed by atoms with Crippen molar-refractivity contribution < 1.29 is 29.0 Å². The molecule has 0 heterocycles. The second-order valence-electron chi connectivity index (χ2n) is 4.99. The van der Waals surface area contributed by atoms with Gasteiger partial charge in [0.05, 0.1) is 0 Å². The Kier molecular flexibility index (Phi) is 5.68. The summed E-state index contributed by atoms with van der Waals surface area (Å²) < 4.78 is 10.2. The van der Waals surface area contributed by atoms with Crippen LogP contribution in [0.1, 0.15) is 33.2 Å². The number of carboxylic acid groups (broad SMARTS) is 1. The fourth-order valence-corrected chi connectivity index (χ4v) is 1.98. The van der Waals surface area contributed by atoms with Crippen molar-refractivity contribution in [1.29, 1.82) is 0 Å². The summed E-state index contributed by atoms with van der Waals surface area (Å²) in [6.45, 7) is 0.969. The molecule has 0 bridgehead atoms. The van der Waals surface area contributed by atoms with E-state index >= 15 is 0 Å². The standard InChI is InChI=1S/C18H16O6/c1-12(19)23-11-16(20)14-7-8-17(15(9-14)18(21)22)24-10-13-5-3-2-4-6-13/h2-9H,10-11H2,1H3,(H,21,22). The van der Waals surface area contributed by atoms with Gasteiger partial charge >= 0.3 is 11.9 Å². The summed E-state index contributed by atoms with van der Waals surface area (Å²) in [5.41, 5.74) is 0.907. The van der Waals surface area contributed by atoms with Gasteiger partial charge in [0.2, 0.25) is 0 Å². The lowest BCUT2D eigenvalue weighted by Gasteiger charge is -2.11. The Bertz CT molecular complexity index is 751. The van der Waals surface area contributed by atoms with Gasteiger partial charge in [-0.05, 0) is 23.8 Å². The second-order valence-corrected chi connectivity index (χ2v) is 4.99. The zero-order valence-corrected chi connectivity index (χ0v) is 13.0. The van der Waals surface area contributed by atoms with E-state index in [9.17, 15) is 19.5 Å². The van der Waals surface area contributed by atoms with Crippen molar-refractivity contribution in [3.8, 4) is 5.75 Å². The van der Waals surface area contributed by atoms with Gasteiger partial charge in [0.15, 0.2) is 12.4 Å². The van der Waals surface area contributed by atoms with Gasteiger partial charge in [-0.15, -0.1) is 0 Å². The first kappa shape index (κ1) is 17.2. The zero-order valence-electron chi connectivity index (χ0n) is 13.0. The summed E-state index contributed by atoms with van der Waals surface area (Å²) in [6, 6.07) is 13.4. The van der Waals surface area contributed by atoms with Gasteiger partial charge in [-0.2, -0.15) is 0 Å². The number of rotatable bonds is 7. The smallest absolute Gasteiger partial charge is 0.339 e. The minimum absolute atomic E-state index is 0.125. The molecule has 0 amide bonds. The molecule has 6 heteroatoms. The number of aromatic carboxylic acids is 1. The van der Waals surface area contributed by atoms with E-state index in [4.69, 9.17) is 4.74 Å². The number of Topliss-reactive ketones (excluding diaryl/α,β-unsaturated/α-hetero) is 1. The highest BCUT2D eigenvalue weighted by atomic mass is 16.5. The number of esters is 1. The fraction of sp³-hybridized carbons (Fsp3) is 0.167. The maximum Gasteiger partial charge on any atom is 0.339 e. The highest BCUT2D eigenvalue weighted by Crippen LogP contribution is 2.22. The normalized spacial score (nSPS) is 10.0. The molecule has 0 atom stereocenters. The van der Waals surface area contributed by atoms with Crippen LogP contribution < -0.4 is 4.74 Å². The molecule has 1 N–H and O–H groups in total. The first-order chi connectivity index (χ1) is 11.5. The summed E-state index contributed by atoms with van der Waals surface area (Å²) in [6.07, 6.45) is 0. The SMILES string of the molecule is CC(=O)OCC(=O)c1ccc(OCc2ccccc2)c(C(=O)O)c1. The number of ketones is 1. The number of carboxylic acids is 1. The third-order valence-corrected chi connectivity index (χ3v) is 3.18. The molecule has 124 valence electrons. The van der Waals surface area contributed by atoms with E-state index in [2.05, 4.69) is 4.74 Å². The third kappa shape index (κ3) is 4.67. The number of hydrogen-bond donors (Lipinski definition) is 1. The average Bonchev–Trinajstić information content (AvgIpc) is 2.58. The first-order valence-corrected chi connectivity index (χ1v) is 7.18. The van der Waals surface area contributed by atoms with Crippen molar-refractivity contribution in [2.45, 2.75) is 13.5 Å². The van der Waals surface area contributed by atoms with E-state index < -0.39 is 24.3 Å². The van der Waals surface area contributed by atoms with Crippen LogP contribution in [0.2, 0.25) is 0 Å². The largest absolute Gasteiger partial charge is 0.488 e. The van der Waals surface area contributed by atoms with E-state index in [1.165, 1.54) is 25.1 Å². The average molecular weight is 328 g/mol. The van der Waals surface area contributed by atoms with Crippen molar-refractivity contribution in [3.63, 3.8) is 0 Å². The quantitative estimate of drug-likeness (QED) is 0.621. The van der Waals surface area contributed by atoms with E-state index in [-0.39, 0.29) is 23.5 Å². The summed E-state index contributed by atoms with van der Waals surface area (Å²) in [4.78, 5) is 34.0. The van der Waals surface area contributed by atoms with E-state index in [1.54, 1.807) is 0 Å². The third-order valence-electron chi connectivity index (χ3n) is 3.18. The van der Waals surface area contributed by atoms with Crippen molar-refractivity contribution in [2.24, 2.45) is 0 Å². The second kappa shape index (κ2) is 7.92. The Balaban J connectivity index is 2.16. The Morgan fingerprint density at radius 1 is 1.04 bits per heavy atom. The van der Waals surface area contributed by atoms with Gasteiger partial charge in [-0.3, -0.25) is 9.59 Å². The first-order valence-electron chi connectivity index (χ1n) is 7.18. The number of benzene rings is 2. The van der Waals surface area contributed by atoms with E-state index in [1.807, 2.05) is 30.3 Å². The molecule has 0 aliphatic rings. The summed E-state index contributed by atoms with van der Waals surface area (Å²) in [5.74, 6) is -2.11. The van der Waals surface area contributed by atoms with Gasteiger partial charge in [0.25, 0.3) is 0 Å². The maximum atomic E-state index is 11.9. The lowest BCUT2D eigenvalue weighted by atomic mass is 10.1. The Morgan fingerprint density at radius 3 is 2.38 bits per heavy atom. The van der Waals surface area contributed by atoms with Crippen LogP contribution in [0.15, 0.2) is 48.5 Å². The van der Waals surface area contributed by atoms with Gasteiger partial charge in [0.1, 0.15) is 17.9 Å². The van der Waals surface area contributed by atoms with Gasteiger partial charge in [-0.1, -0.05) is 30.3 Å². The van der Waals surface area contributed by atoms with E-state index in [0.29, 0.717) is 0 Å². The fourth-order valence-electron chi connectivity index (χ4n) is 1.98. The predicted molar refractivity (Wildman–Crippen MR) is 85.1 cm³/mol. The van der Waals surface area contributed by atoms with Crippen LogP contribution >= 0.6 is 0 Å². The molecule has 2 rings (SSSR count). The maximum absolute atomic E-state index is 11.9. The number of hydrogen-bond acceptors (Lipinski definition) is 5. The molecule has 0 fully saturated rings. The molecule has 0 aliphatic heterocycles. The number of ether oxygens (including phenoxy) is 2. The van der Waals surface area contributed by atoms with Crippen LogP contribution in [0.25, 0.3) is 0 Å². The molecule has 0 unspecified atom stereocenters. The highest BCUT2D eigenvalue weighted by Gasteiger charge is 2.16. The molecule has 2 aromatic rings. The van der Waals surface area contributed by atoms with Crippen LogP contribution in [0.5, 0.6) is 5.75 Å². The van der Waals surface area contributed by atoms with Crippen molar-refractivity contribution in [3.05, 3.63) is 65.2 Å². The van der Waals surface area contributed by atoms with Crippen LogP contribution in [-0.2, 0) is 16.1 Å². The molecule has 0 saturated heterocycles. The van der Waals surface area contributed by atoms with Gasteiger partial charge in [0, 0.05) is 12.5 Å². The molecule has 0 aliphatic carbocycles. The zero-order chi connectivity index (χ0) is 17.5. The van der Waals surface area contributed by atoms with Crippen LogP contribution in [0.4, 0.5) is 0 Å². The predicted octanol–water partition coefficient (Wildman–Crippen LogP) is 2.71. The molecule has 0 aromatic heterocycles. The molecule has 0 radical (unpaired) electrons. The van der Waals surface area contributed by atoms with Crippen molar-refractivity contribution in [2.75, 3.05) is 6.61 Å². The Morgan fingerprint density at radius 2 is 1.75 bits per heavy atom. The number of carbonyl (C=O) groups is 3. The summed E-state index contributed by atoms with van der Waals surface area (Å²) in [5, 5.41) is 9.31. The van der Waals surface area contributed by atoms with Crippen molar-refractivity contribution >= 4 is 17.7 Å². The minimum atomic E-state index is -1.21. The number of carbonyl (C=O) groups excluding carboxylic acids is 2. The van der Waals surface area contributed by atoms with E-state index in [0.717, 1.165) is 5.56 Å². The van der Waals surface area contributed by atoms with Gasteiger partial charge in [-0.25, -0.2) is 4.79 Å². The minimum Gasteiger partial charge on any atom is -0.488 e.